The van der Waals surface area contributed by atoms with Crippen molar-refractivity contribution in [2.45, 2.75) is 12.8 Å². The molecule has 0 radical (unpaired) electrons. The highest BCUT2D eigenvalue weighted by Gasteiger charge is 2.21. The monoisotopic (exact) mass is 271 g/mol. The molecule has 0 atom stereocenters. The molecule has 7 heteroatoms. The summed E-state index contributed by atoms with van der Waals surface area (Å²) in [7, 11) is -3.33. The van der Waals surface area contributed by atoms with E-state index in [1.54, 1.807) is 18.5 Å². The fourth-order valence-electron chi connectivity index (χ4n) is 1.97. The molecule has 2 heterocycles. The number of nitrogens with zero attached hydrogens (tertiary/aromatic N) is 3. The minimum Gasteiger partial charge on any atom is -0.341 e. The molecular formula is C11H17N3O3S. The van der Waals surface area contributed by atoms with E-state index in [4.69, 9.17) is 4.18 Å². The summed E-state index contributed by atoms with van der Waals surface area (Å²) in [5.74, 6) is 1.03. The molecule has 0 aromatic carbocycles. The van der Waals surface area contributed by atoms with Crippen LogP contribution in [0.3, 0.4) is 0 Å². The number of hydrogen-bond acceptors (Lipinski definition) is 6. The highest BCUT2D eigenvalue weighted by molar-refractivity contribution is 7.85. The Kier molecular flexibility index (Phi) is 4.13. The van der Waals surface area contributed by atoms with Gasteiger partial charge in [0.2, 0.25) is 5.95 Å². The zero-order valence-electron chi connectivity index (χ0n) is 10.3. The summed E-state index contributed by atoms with van der Waals surface area (Å²) < 4.78 is 26.6. The Morgan fingerprint density at radius 1 is 1.33 bits per heavy atom. The van der Waals surface area contributed by atoms with Gasteiger partial charge in [-0.15, -0.1) is 0 Å². The lowest BCUT2D eigenvalue weighted by molar-refractivity contribution is 0.229. The van der Waals surface area contributed by atoms with E-state index >= 15 is 0 Å². The molecular weight excluding hydrogens is 254 g/mol. The molecule has 100 valence electrons. The predicted molar refractivity (Wildman–Crippen MR) is 67.8 cm³/mol. The molecule has 0 unspecified atom stereocenters. The zero-order chi connectivity index (χ0) is 13.0. The molecule has 1 fully saturated rings. The van der Waals surface area contributed by atoms with E-state index in [9.17, 15) is 8.42 Å². The lowest BCUT2D eigenvalue weighted by atomic mass is 9.98. The van der Waals surface area contributed by atoms with Gasteiger partial charge in [-0.2, -0.15) is 8.42 Å². The Hall–Kier alpha value is -1.21. The molecule has 0 saturated carbocycles. The van der Waals surface area contributed by atoms with Crippen LogP contribution in [0.5, 0.6) is 0 Å². The first-order valence-corrected chi connectivity index (χ1v) is 7.72. The van der Waals surface area contributed by atoms with Crippen LogP contribution in [-0.2, 0) is 14.3 Å². The van der Waals surface area contributed by atoms with Gasteiger partial charge in [0.05, 0.1) is 12.9 Å². The Bertz CT molecular complexity index is 470. The number of hydrogen-bond donors (Lipinski definition) is 0. The molecule has 1 aromatic rings. The predicted octanol–water partition coefficient (Wildman–Crippen LogP) is 0.669. The molecule has 0 amide bonds. The lowest BCUT2D eigenvalue weighted by Crippen LogP contribution is -2.36. The first kappa shape index (κ1) is 13.2. The summed E-state index contributed by atoms with van der Waals surface area (Å²) in [4.78, 5) is 10.5. The topological polar surface area (TPSA) is 72.4 Å². The van der Waals surface area contributed by atoms with Gasteiger partial charge in [-0.05, 0) is 24.8 Å². The Balaban J connectivity index is 1.82. The number of piperidine rings is 1. The van der Waals surface area contributed by atoms with Crippen molar-refractivity contribution in [1.29, 1.82) is 0 Å². The van der Waals surface area contributed by atoms with Gasteiger partial charge in [-0.1, -0.05) is 0 Å². The van der Waals surface area contributed by atoms with Crippen molar-refractivity contribution in [3.8, 4) is 0 Å². The Labute approximate surface area is 107 Å². The third-order valence-electron chi connectivity index (χ3n) is 2.97. The molecule has 1 saturated heterocycles. The van der Waals surface area contributed by atoms with Gasteiger partial charge in [-0.3, -0.25) is 4.18 Å². The maximum atomic E-state index is 10.9. The average molecular weight is 271 g/mol. The van der Waals surface area contributed by atoms with E-state index in [1.165, 1.54) is 0 Å². The van der Waals surface area contributed by atoms with E-state index < -0.39 is 10.1 Å². The van der Waals surface area contributed by atoms with Crippen LogP contribution in [0.4, 0.5) is 5.95 Å². The SMILES string of the molecule is CS(=O)(=O)OCC1CCN(c2ncccn2)CC1. The third kappa shape index (κ3) is 3.92. The van der Waals surface area contributed by atoms with Crippen LogP contribution >= 0.6 is 0 Å². The molecule has 0 aliphatic carbocycles. The van der Waals surface area contributed by atoms with Gasteiger partial charge in [0.25, 0.3) is 10.1 Å². The Morgan fingerprint density at radius 2 is 1.94 bits per heavy atom. The van der Waals surface area contributed by atoms with Crippen LogP contribution < -0.4 is 4.90 Å². The van der Waals surface area contributed by atoms with Crippen LogP contribution in [0.2, 0.25) is 0 Å². The van der Waals surface area contributed by atoms with Gasteiger partial charge in [0, 0.05) is 25.5 Å². The van der Waals surface area contributed by atoms with E-state index in [2.05, 4.69) is 14.9 Å². The van der Waals surface area contributed by atoms with Crippen LogP contribution in [-0.4, -0.2) is 44.3 Å². The van der Waals surface area contributed by atoms with Crippen LogP contribution in [0.1, 0.15) is 12.8 Å². The van der Waals surface area contributed by atoms with E-state index in [0.717, 1.165) is 38.1 Å². The van der Waals surface area contributed by atoms with Crippen molar-refractivity contribution in [2.75, 3.05) is 30.9 Å². The molecule has 0 spiro atoms. The van der Waals surface area contributed by atoms with Gasteiger partial charge in [0.15, 0.2) is 0 Å². The van der Waals surface area contributed by atoms with E-state index in [-0.39, 0.29) is 6.61 Å². The molecule has 1 aromatic heterocycles. The first-order valence-electron chi connectivity index (χ1n) is 5.91. The minimum absolute atomic E-state index is 0.280. The molecule has 1 aliphatic rings. The fraction of sp³-hybridized carbons (Fsp3) is 0.636. The lowest BCUT2D eigenvalue weighted by Gasteiger charge is -2.31. The van der Waals surface area contributed by atoms with Crippen molar-refractivity contribution in [3.05, 3.63) is 18.5 Å². The normalized spacial score (nSPS) is 17.9. The third-order valence-corrected chi connectivity index (χ3v) is 3.53. The van der Waals surface area contributed by atoms with Crippen molar-refractivity contribution < 1.29 is 12.6 Å². The molecule has 6 nitrogen and oxygen atoms in total. The number of rotatable bonds is 4. The summed E-state index contributed by atoms with van der Waals surface area (Å²) >= 11 is 0. The van der Waals surface area contributed by atoms with Crippen LogP contribution in [0.15, 0.2) is 18.5 Å². The summed E-state index contributed by atoms with van der Waals surface area (Å²) in [5.41, 5.74) is 0. The zero-order valence-corrected chi connectivity index (χ0v) is 11.1. The second-order valence-corrected chi connectivity index (χ2v) is 6.11. The minimum atomic E-state index is -3.33. The highest BCUT2D eigenvalue weighted by atomic mass is 32.2. The summed E-state index contributed by atoms with van der Waals surface area (Å²) in [5, 5.41) is 0. The molecule has 2 rings (SSSR count). The average Bonchev–Trinajstić information content (AvgIpc) is 2.37. The van der Waals surface area contributed by atoms with Gasteiger partial charge in [-0.25, -0.2) is 9.97 Å². The maximum Gasteiger partial charge on any atom is 0.264 e. The van der Waals surface area contributed by atoms with Crippen molar-refractivity contribution >= 4 is 16.1 Å². The van der Waals surface area contributed by atoms with Crippen molar-refractivity contribution in [2.24, 2.45) is 5.92 Å². The van der Waals surface area contributed by atoms with Crippen LogP contribution in [0, 0.1) is 5.92 Å². The summed E-state index contributed by atoms with van der Waals surface area (Å²) in [6, 6.07) is 1.79. The Morgan fingerprint density at radius 3 is 2.50 bits per heavy atom. The fourth-order valence-corrected chi connectivity index (χ4v) is 2.41. The second kappa shape index (κ2) is 5.62. The first-order chi connectivity index (χ1) is 8.54. The second-order valence-electron chi connectivity index (χ2n) is 4.47. The number of anilines is 1. The smallest absolute Gasteiger partial charge is 0.264 e. The van der Waals surface area contributed by atoms with Gasteiger partial charge < -0.3 is 4.90 Å². The molecule has 1 aliphatic heterocycles. The van der Waals surface area contributed by atoms with Crippen LogP contribution in [0.25, 0.3) is 0 Å². The molecule has 0 N–H and O–H groups in total. The molecule has 18 heavy (non-hydrogen) atoms. The summed E-state index contributed by atoms with van der Waals surface area (Å²) in [6.07, 6.45) is 6.32. The van der Waals surface area contributed by atoms with E-state index in [0.29, 0.717) is 5.92 Å². The highest BCUT2D eigenvalue weighted by Crippen LogP contribution is 2.20. The van der Waals surface area contributed by atoms with Gasteiger partial charge >= 0.3 is 0 Å². The van der Waals surface area contributed by atoms with Crippen molar-refractivity contribution in [3.63, 3.8) is 0 Å². The largest absolute Gasteiger partial charge is 0.341 e. The van der Waals surface area contributed by atoms with Gasteiger partial charge in [0.1, 0.15) is 0 Å². The van der Waals surface area contributed by atoms with E-state index in [1.807, 2.05) is 0 Å². The maximum absolute atomic E-state index is 10.9. The van der Waals surface area contributed by atoms with Crippen molar-refractivity contribution in [1.82, 2.24) is 9.97 Å². The quantitative estimate of drug-likeness (QED) is 0.749. The molecule has 0 bridgehead atoms. The number of aromatic nitrogens is 2. The summed E-state index contributed by atoms with van der Waals surface area (Å²) in [6.45, 7) is 1.95. The standard InChI is InChI=1S/C11H17N3O3S/c1-18(15,16)17-9-10-3-7-14(8-4-10)11-12-5-2-6-13-11/h2,5-6,10H,3-4,7-9H2,1H3.